The average molecular weight is 164 g/mol. The van der Waals surface area contributed by atoms with Crippen LogP contribution in [0.3, 0.4) is 0 Å². The molecule has 1 heterocycles. The van der Waals surface area contributed by atoms with Crippen LogP contribution in [0.2, 0.25) is 0 Å². The zero-order chi connectivity index (χ0) is 8.55. The largest absolute Gasteiger partial charge is 0.374 e. The lowest BCUT2D eigenvalue weighted by atomic mass is 9.84. The molecule has 0 amide bonds. The van der Waals surface area contributed by atoms with Crippen LogP contribution in [0.5, 0.6) is 0 Å². The summed E-state index contributed by atoms with van der Waals surface area (Å²) in [6.45, 7) is 7.06. The first kappa shape index (κ1) is 8.06. The molecule has 0 N–H and O–H groups in total. The van der Waals surface area contributed by atoms with E-state index in [1.54, 1.807) is 0 Å². The molecule has 66 valence electrons. The normalized spacial score (nSPS) is 34.2. The summed E-state index contributed by atoms with van der Waals surface area (Å²) in [7, 11) is 0. The lowest BCUT2D eigenvalue weighted by molar-refractivity contribution is 0.104. The van der Waals surface area contributed by atoms with Crippen molar-refractivity contribution in [3.05, 3.63) is 23.8 Å². The van der Waals surface area contributed by atoms with Crippen LogP contribution in [0.4, 0.5) is 0 Å². The maximum atomic E-state index is 5.63. The van der Waals surface area contributed by atoms with Crippen LogP contribution >= 0.6 is 0 Å². The second-order valence-electron chi connectivity index (χ2n) is 3.90. The van der Waals surface area contributed by atoms with E-state index >= 15 is 0 Å². The van der Waals surface area contributed by atoms with Gasteiger partial charge in [0.2, 0.25) is 0 Å². The van der Waals surface area contributed by atoms with E-state index in [0.717, 1.165) is 13.0 Å². The van der Waals surface area contributed by atoms with Crippen molar-refractivity contribution in [2.24, 2.45) is 5.92 Å². The molecule has 0 saturated carbocycles. The summed E-state index contributed by atoms with van der Waals surface area (Å²) in [5.41, 5.74) is 2.84. The van der Waals surface area contributed by atoms with Gasteiger partial charge in [-0.15, -0.1) is 0 Å². The highest BCUT2D eigenvalue weighted by Gasteiger charge is 2.28. The van der Waals surface area contributed by atoms with Gasteiger partial charge in [-0.3, -0.25) is 0 Å². The number of hydrogen-bond donors (Lipinski definition) is 0. The summed E-state index contributed by atoms with van der Waals surface area (Å²) in [5, 5.41) is 0. The first-order valence-corrected chi connectivity index (χ1v) is 4.73. The third kappa shape index (κ3) is 1.34. The monoisotopic (exact) mass is 164 g/mol. The zero-order valence-electron chi connectivity index (χ0n) is 7.68. The van der Waals surface area contributed by atoms with Crippen LogP contribution in [0, 0.1) is 5.92 Å². The van der Waals surface area contributed by atoms with Crippen molar-refractivity contribution >= 4 is 0 Å². The van der Waals surface area contributed by atoms with E-state index in [2.05, 4.69) is 19.6 Å². The molecule has 2 unspecified atom stereocenters. The van der Waals surface area contributed by atoms with Crippen LogP contribution in [0.25, 0.3) is 0 Å². The predicted octanol–water partition coefficient (Wildman–Crippen LogP) is 2.69. The highest BCUT2D eigenvalue weighted by Crippen LogP contribution is 2.34. The van der Waals surface area contributed by atoms with E-state index in [9.17, 15) is 0 Å². The quantitative estimate of drug-likeness (QED) is 0.541. The van der Waals surface area contributed by atoms with Gasteiger partial charge in [-0.05, 0) is 37.7 Å². The molecule has 2 rings (SSSR count). The van der Waals surface area contributed by atoms with Crippen molar-refractivity contribution in [2.45, 2.75) is 32.3 Å². The molecule has 1 heteroatoms. The van der Waals surface area contributed by atoms with E-state index in [1.807, 2.05) is 0 Å². The Hall–Kier alpha value is -0.560. The molecule has 1 aliphatic carbocycles. The lowest BCUT2D eigenvalue weighted by Gasteiger charge is -2.25. The van der Waals surface area contributed by atoms with Gasteiger partial charge >= 0.3 is 0 Å². The van der Waals surface area contributed by atoms with Gasteiger partial charge < -0.3 is 4.74 Å². The zero-order valence-corrected chi connectivity index (χ0v) is 7.68. The molecular formula is C11H16O. The van der Waals surface area contributed by atoms with Crippen molar-refractivity contribution in [1.29, 1.82) is 0 Å². The number of hydrogen-bond acceptors (Lipinski definition) is 1. The van der Waals surface area contributed by atoms with Crippen molar-refractivity contribution in [1.82, 2.24) is 0 Å². The molecule has 0 bridgehead atoms. The Labute approximate surface area is 74.1 Å². The van der Waals surface area contributed by atoms with E-state index in [-0.39, 0.29) is 0 Å². The highest BCUT2D eigenvalue weighted by atomic mass is 16.5. The maximum absolute atomic E-state index is 5.63. The molecule has 0 aromatic rings. The van der Waals surface area contributed by atoms with Crippen LogP contribution in [-0.2, 0) is 4.74 Å². The van der Waals surface area contributed by atoms with Gasteiger partial charge in [0, 0.05) is 0 Å². The second kappa shape index (κ2) is 3.06. The fourth-order valence-corrected chi connectivity index (χ4v) is 2.09. The fraction of sp³-hybridized carbons (Fsp3) is 0.636. The van der Waals surface area contributed by atoms with Crippen molar-refractivity contribution in [3.8, 4) is 0 Å². The van der Waals surface area contributed by atoms with Crippen molar-refractivity contribution in [3.63, 3.8) is 0 Å². The van der Waals surface area contributed by atoms with E-state index in [1.165, 1.54) is 24.0 Å². The second-order valence-corrected chi connectivity index (χ2v) is 3.90. The van der Waals surface area contributed by atoms with Crippen LogP contribution in [0.1, 0.15) is 26.2 Å². The third-order valence-corrected chi connectivity index (χ3v) is 2.98. The molecular weight excluding hydrogens is 148 g/mol. The summed E-state index contributed by atoms with van der Waals surface area (Å²) in [6.07, 6.45) is 6.31. The lowest BCUT2D eigenvalue weighted by Crippen LogP contribution is -2.18. The maximum Gasteiger partial charge on any atom is 0.0791 e. The molecule has 0 radical (unpaired) electrons. The minimum atomic E-state index is 0.431. The SMILES string of the molecule is C=C(C)C1CC=C2CCOC2C1. The fourth-order valence-electron chi connectivity index (χ4n) is 2.09. The number of rotatable bonds is 1. The Morgan fingerprint density at radius 1 is 1.67 bits per heavy atom. The van der Waals surface area contributed by atoms with Gasteiger partial charge in [0.15, 0.2) is 0 Å². The molecule has 0 aromatic carbocycles. The van der Waals surface area contributed by atoms with Crippen molar-refractivity contribution in [2.75, 3.05) is 6.61 Å². The number of allylic oxidation sites excluding steroid dienone is 2. The molecule has 1 aliphatic heterocycles. The first-order chi connectivity index (χ1) is 5.77. The van der Waals surface area contributed by atoms with Gasteiger partial charge in [-0.1, -0.05) is 18.2 Å². The van der Waals surface area contributed by atoms with E-state index in [4.69, 9.17) is 4.74 Å². The summed E-state index contributed by atoms with van der Waals surface area (Å²) in [5.74, 6) is 0.664. The molecule has 12 heavy (non-hydrogen) atoms. The molecule has 1 fully saturated rings. The standard InChI is InChI=1S/C11H16O/c1-8(2)10-4-3-9-5-6-12-11(9)7-10/h3,10-11H,1,4-7H2,2H3. The van der Waals surface area contributed by atoms with Gasteiger partial charge in [0.25, 0.3) is 0 Å². The minimum absolute atomic E-state index is 0.431. The molecule has 1 nitrogen and oxygen atoms in total. The molecule has 1 saturated heterocycles. The summed E-state index contributed by atoms with van der Waals surface area (Å²) in [6, 6.07) is 0. The molecule has 2 atom stereocenters. The number of fused-ring (bicyclic) bond motifs is 1. The summed E-state index contributed by atoms with van der Waals surface area (Å²) >= 11 is 0. The topological polar surface area (TPSA) is 9.23 Å². The van der Waals surface area contributed by atoms with Crippen molar-refractivity contribution < 1.29 is 4.74 Å². The first-order valence-electron chi connectivity index (χ1n) is 4.73. The Bertz CT molecular complexity index is 227. The van der Waals surface area contributed by atoms with Gasteiger partial charge in [-0.2, -0.15) is 0 Å². The third-order valence-electron chi connectivity index (χ3n) is 2.98. The molecule has 0 aromatic heterocycles. The Morgan fingerprint density at radius 3 is 3.25 bits per heavy atom. The minimum Gasteiger partial charge on any atom is -0.374 e. The van der Waals surface area contributed by atoms with E-state index in [0.29, 0.717) is 12.0 Å². The van der Waals surface area contributed by atoms with E-state index < -0.39 is 0 Å². The Balaban J connectivity index is 2.08. The van der Waals surface area contributed by atoms with Crippen LogP contribution in [-0.4, -0.2) is 12.7 Å². The van der Waals surface area contributed by atoms with Gasteiger partial charge in [-0.25, -0.2) is 0 Å². The van der Waals surface area contributed by atoms with Gasteiger partial charge in [0.1, 0.15) is 0 Å². The summed E-state index contributed by atoms with van der Waals surface area (Å²) in [4.78, 5) is 0. The highest BCUT2D eigenvalue weighted by molar-refractivity contribution is 5.19. The van der Waals surface area contributed by atoms with Crippen LogP contribution < -0.4 is 0 Å². The predicted molar refractivity (Wildman–Crippen MR) is 50.0 cm³/mol. The Kier molecular flexibility index (Phi) is 2.05. The Morgan fingerprint density at radius 2 is 2.50 bits per heavy atom. The summed E-state index contributed by atoms with van der Waals surface area (Å²) < 4.78 is 5.63. The van der Waals surface area contributed by atoms with Gasteiger partial charge in [0.05, 0.1) is 12.7 Å². The molecule has 0 spiro atoms. The molecule has 2 aliphatic rings. The average Bonchev–Trinajstić information content (AvgIpc) is 2.49. The smallest absolute Gasteiger partial charge is 0.0791 e. The van der Waals surface area contributed by atoms with Crippen LogP contribution in [0.15, 0.2) is 23.8 Å². The number of ether oxygens (including phenoxy) is 1.